The van der Waals surface area contributed by atoms with E-state index in [0.717, 1.165) is 17.8 Å². The lowest BCUT2D eigenvalue weighted by Crippen LogP contribution is -2.15. The van der Waals surface area contributed by atoms with Gasteiger partial charge >= 0.3 is 0 Å². The van der Waals surface area contributed by atoms with Crippen molar-refractivity contribution in [3.05, 3.63) is 54.3 Å². The van der Waals surface area contributed by atoms with Crippen molar-refractivity contribution < 1.29 is 4.79 Å². The highest BCUT2D eigenvalue weighted by Gasteiger charge is 2.06. The Morgan fingerprint density at radius 1 is 1.32 bits per heavy atom. The molecule has 1 atom stereocenters. The topological polar surface area (TPSA) is 20.3 Å². The molecule has 2 nitrogen and oxygen atoms in total. The molecule has 1 aromatic carbocycles. The van der Waals surface area contributed by atoms with Gasteiger partial charge in [0.05, 0.1) is 0 Å². The first kappa shape index (κ1) is 15.2. The van der Waals surface area contributed by atoms with E-state index in [1.807, 2.05) is 44.3 Å². The summed E-state index contributed by atoms with van der Waals surface area (Å²) in [7, 11) is 2.04. The largest absolute Gasteiger partial charge is 0.345 e. The van der Waals surface area contributed by atoms with Crippen molar-refractivity contribution in [3.8, 4) is 0 Å². The standard InChI is InChI=1S/C17H23NO/c1-5-9-16(13-12-14(2)15(3)19)18(4)17-10-7-6-8-11-17/h6-14H,5H2,1-4H3/b13-12-,16-9+. The van der Waals surface area contributed by atoms with Gasteiger partial charge in [-0.2, -0.15) is 0 Å². The summed E-state index contributed by atoms with van der Waals surface area (Å²) in [5.41, 5.74) is 2.25. The maximum absolute atomic E-state index is 11.3. The summed E-state index contributed by atoms with van der Waals surface area (Å²) in [5.74, 6) is 0.152. The van der Waals surface area contributed by atoms with Crippen molar-refractivity contribution in [2.75, 3.05) is 11.9 Å². The highest BCUT2D eigenvalue weighted by Crippen LogP contribution is 2.18. The number of ketones is 1. The Hall–Kier alpha value is -1.83. The highest BCUT2D eigenvalue weighted by atomic mass is 16.1. The Kier molecular flexibility index (Phi) is 6.07. The van der Waals surface area contributed by atoms with E-state index in [-0.39, 0.29) is 11.7 Å². The number of nitrogens with zero attached hydrogens (tertiary/aromatic N) is 1. The van der Waals surface area contributed by atoms with Gasteiger partial charge in [0.1, 0.15) is 5.78 Å². The van der Waals surface area contributed by atoms with Crippen LogP contribution in [0.25, 0.3) is 0 Å². The molecular weight excluding hydrogens is 234 g/mol. The summed E-state index contributed by atoms with van der Waals surface area (Å²) >= 11 is 0. The fourth-order valence-electron chi connectivity index (χ4n) is 1.71. The minimum atomic E-state index is -0.0376. The van der Waals surface area contributed by atoms with Gasteiger partial charge in [-0.15, -0.1) is 0 Å². The number of likely N-dealkylation sites (N-methyl/N-ethyl adjacent to an activating group) is 1. The van der Waals surface area contributed by atoms with Crippen LogP contribution in [-0.2, 0) is 4.79 Å². The van der Waals surface area contributed by atoms with Gasteiger partial charge in [0.2, 0.25) is 0 Å². The number of benzene rings is 1. The molecule has 1 unspecified atom stereocenters. The van der Waals surface area contributed by atoms with E-state index in [1.54, 1.807) is 6.92 Å². The van der Waals surface area contributed by atoms with E-state index in [9.17, 15) is 4.79 Å². The van der Waals surface area contributed by atoms with Crippen LogP contribution in [0.4, 0.5) is 5.69 Å². The second-order valence-corrected chi connectivity index (χ2v) is 4.69. The van der Waals surface area contributed by atoms with Gasteiger partial charge in [-0.05, 0) is 31.6 Å². The maximum atomic E-state index is 11.3. The number of anilines is 1. The SMILES string of the molecule is CC/C=C(\C=C/C(C)C(C)=O)N(C)c1ccccc1. The Balaban J connectivity index is 2.90. The van der Waals surface area contributed by atoms with Crippen LogP contribution < -0.4 is 4.90 Å². The van der Waals surface area contributed by atoms with Crippen molar-refractivity contribution in [1.29, 1.82) is 0 Å². The van der Waals surface area contributed by atoms with Crippen LogP contribution in [0.2, 0.25) is 0 Å². The molecule has 0 aromatic heterocycles. The van der Waals surface area contributed by atoms with Crippen LogP contribution in [0, 0.1) is 5.92 Å². The van der Waals surface area contributed by atoms with E-state index < -0.39 is 0 Å². The summed E-state index contributed by atoms with van der Waals surface area (Å²) in [4.78, 5) is 13.4. The number of carbonyl (C=O) groups is 1. The molecule has 0 aliphatic heterocycles. The lowest BCUT2D eigenvalue weighted by atomic mass is 10.1. The molecule has 0 amide bonds. The first-order valence-electron chi connectivity index (χ1n) is 6.73. The molecule has 0 N–H and O–H groups in total. The molecule has 0 saturated carbocycles. The molecule has 1 aromatic rings. The number of Topliss-reactive ketones (excluding diaryl/α,β-unsaturated/α-hetero) is 1. The van der Waals surface area contributed by atoms with Crippen molar-refractivity contribution >= 4 is 11.5 Å². The lowest BCUT2D eigenvalue weighted by molar-refractivity contribution is -0.118. The zero-order valence-corrected chi connectivity index (χ0v) is 12.3. The van der Waals surface area contributed by atoms with Gasteiger partial charge in [-0.1, -0.05) is 44.2 Å². The first-order valence-corrected chi connectivity index (χ1v) is 6.73. The van der Waals surface area contributed by atoms with Crippen LogP contribution in [0.1, 0.15) is 27.2 Å². The van der Waals surface area contributed by atoms with Crippen LogP contribution in [0.3, 0.4) is 0 Å². The van der Waals surface area contributed by atoms with E-state index in [2.05, 4.69) is 30.0 Å². The lowest BCUT2D eigenvalue weighted by Gasteiger charge is -2.21. The molecule has 19 heavy (non-hydrogen) atoms. The van der Waals surface area contributed by atoms with Crippen LogP contribution in [-0.4, -0.2) is 12.8 Å². The van der Waals surface area contributed by atoms with Crippen LogP contribution >= 0.6 is 0 Å². The van der Waals surface area contributed by atoms with E-state index >= 15 is 0 Å². The number of hydrogen-bond donors (Lipinski definition) is 0. The molecule has 0 saturated heterocycles. The van der Waals surface area contributed by atoms with E-state index in [4.69, 9.17) is 0 Å². The second kappa shape index (κ2) is 7.57. The Bertz CT molecular complexity index is 459. The zero-order valence-electron chi connectivity index (χ0n) is 12.3. The Morgan fingerprint density at radius 2 is 1.95 bits per heavy atom. The third-order valence-electron chi connectivity index (χ3n) is 3.14. The molecule has 0 fully saturated rings. The smallest absolute Gasteiger partial charge is 0.136 e. The van der Waals surface area contributed by atoms with Crippen molar-refractivity contribution in [3.63, 3.8) is 0 Å². The molecule has 0 aliphatic carbocycles. The van der Waals surface area contributed by atoms with Gasteiger partial charge < -0.3 is 4.90 Å². The minimum absolute atomic E-state index is 0.0376. The predicted octanol–water partition coefficient (Wildman–Crippen LogP) is 4.20. The molecule has 1 rings (SSSR count). The van der Waals surface area contributed by atoms with E-state index in [0.29, 0.717) is 0 Å². The van der Waals surface area contributed by atoms with Gasteiger partial charge in [-0.3, -0.25) is 4.79 Å². The molecule has 0 aliphatic rings. The maximum Gasteiger partial charge on any atom is 0.136 e. The predicted molar refractivity (Wildman–Crippen MR) is 82.2 cm³/mol. The quantitative estimate of drug-likeness (QED) is 0.712. The minimum Gasteiger partial charge on any atom is -0.345 e. The molecule has 0 heterocycles. The first-order chi connectivity index (χ1) is 9.06. The summed E-state index contributed by atoms with van der Waals surface area (Å²) in [5, 5.41) is 0. The normalized spacial score (nSPS) is 13.6. The molecule has 102 valence electrons. The molecule has 2 heteroatoms. The van der Waals surface area contributed by atoms with E-state index in [1.165, 1.54) is 0 Å². The number of carbonyl (C=O) groups excluding carboxylic acids is 1. The fraction of sp³-hybridized carbons (Fsp3) is 0.353. The number of para-hydroxylation sites is 1. The number of hydrogen-bond acceptors (Lipinski definition) is 2. The number of allylic oxidation sites excluding steroid dienone is 3. The summed E-state index contributed by atoms with van der Waals surface area (Å²) in [6, 6.07) is 10.2. The van der Waals surface area contributed by atoms with Crippen molar-refractivity contribution in [1.82, 2.24) is 0 Å². The Morgan fingerprint density at radius 3 is 2.47 bits per heavy atom. The third-order valence-corrected chi connectivity index (χ3v) is 3.14. The van der Waals surface area contributed by atoms with Gasteiger partial charge in [0, 0.05) is 24.4 Å². The molecule has 0 bridgehead atoms. The average Bonchev–Trinajstić information content (AvgIpc) is 2.43. The molecule has 0 radical (unpaired) electrons. The number of rotatable bonds is 6. The highest BCUT2D eigenvalue weighted by molar-refractivity contribution is 5.79. The van der Waals surface area contributed by atoms with Crippen LogP contribution in [0.5, 0.6) is 0 Å². The second-order valence-electron chi connectivity index (χ2n) is 4.69. The summed E-state index contributed by atoms with van der Waals surface area (Å²) < 4.78 is 0. The monoisotopic (exact) mass is 257 g/mol. The van der Waals surface area contributed by atoms with Gasteiger partial charge in [-0.25, -0.2) is 0 Å². The van der Waals surface area contributed by atoms with Crippen molar-refractivity contribution in [2.24, 2.45) is 5.92 Å². The van der Waals surface area contributed by atoms with Gasteiger partial charge in [0.15, 0.2) is 0 Å². The summed E-state index contributed by atoms with van der Waals surface area (Å²) in [6.45, 7) is 5.66. The zero-order chi connectivity index (χ0) is 14.3. The fourth-order valence-corrected chi connectivity index (χ4v) is 1.71. The summed E-state index contributed by atoms with van der Waals surface area (Å²) in [6.07, 6.45) is 7.12. The molecule has 0 spiro atoms. The van der Waals surface area contributed by atoms with Gasteiger partial charge in [0.25, 0.3) is 0 Å². The molecular formula is C17H23NO. The Labute approximate surface area is 116 Å². The van der Waals surface area contributed by atoms with Crippen molar-refractivity contribution in [2.45, 2.75) is 27.2 Å². The van der Waals surface area contributed by atoms with Crippen LogP contribution in [0.15, 0.2) is 54.3 Å². The third kappa shape index (κ3) is 4.74. The average molecular weight is 257 g/mol.